The first kappa shape index (κ1) is 28.4. The third kappa shape index (κ3) is 4.68. The Balaban J connectivity index is 1.97. The van der Waals surface area contributed by atoms with Gasteiger partial charge in [-0.1, -0.05) is 139 Å². The monoisotopic (exact) mass is 543 g/mol. The number of benzene rings is 4. The van der Waals surface area contributed by atoms with Crippen LogP contribution in [0.25, 0.3) is 0 Å². The van der Waals surface area contributed by atoms with Gasteiger partial charge in [-0.2, -0.15) is 0 Å². The first-order valence-corrected chi connectivity index (χ1v) is 14.4. The highest BCUT2D eigenvalue weighted by Gasteiger charge is 2.57. The third-order valence-electron chi connectivity index (χ3n) is 8.39. The van der Waals surface area contributed by atoms with E-state index in [-0.39, 0.29) is 22.7 Å². The number of para-hydroxylation sites is 1. The van der Waals surface area contributed by atoms with Gasteiger partial charge >= 0.3 is 0 Å². The summed E-state index contributed by atoms with van der Waals surface area (Å²) < 4.78 is 0. The van der Waals surface area contributed by atoms with E-state index < -0.39 is 5.41 Å². The van der Waals surface area contributed by atoms with Gasteiger partial charge in [0, 0.05) is 18.2 Å². The van der Waals surface area contributed by atoms with Crippen molar-refractivity contribution in [1.82, 2.24) is 0 Å². The summed E-state index contributed by atoms with van der Waals surface area (Å²) in [6, 6.07) is 33.0. The van der Waals surface area contributed by atoms with Crippen LogP contribution in [0.3, 0.4) is 0 Å². The second-order valence-corrected chi connectivity index (χ2v) is 13.2. The van der Waals surface area contributed by atoms with Crippen LogP contribution in [0.15, 0.2) is 110 Å². The Bertz CT molecular complexity index is 1540. The predicted octanol–water partition coefficient (Wildman–Crippen LogP) is 8.64. The van der Waals surface area contributed by atoms with Crippen LogP contribution in [0.1, 0.15) is 80.8 Å². The molecule has 1 amide bonds. The zero-order chi connectivity index (χ0) is 29.6. The van der Waals surface area contributed by atoms with E-state index in [0.717, 1.165) is 39.1 Å². The Morgan fingerprint density at radius 2 is 1.29 bits per heavy atom. The molecule has 41 heavy (non-hydrogen) atoms. The van der Waals surface area contributed by atoms with Crippen LogP contribution in [-0.4, -0.2) is 17.6 Å². The lowest BCUT2D eigenvalue weighted by Crippen LogP contribution is -2.46. The first-order chi connectivity index (χ1) is 19.4. The fourth-order valence-electron chi connectivity index (χ4n) is 6.52. The molecule has 4 aromatic carbocycles. The maximum atomic E-state index is 15.1. The second-order valence-electron chi connectivity index (χ2n) is 13.2. The summed E-state index contributed by atoms with van der Waals surface area (Å²) in [5.41, 5.74) is 4.99. The number of carbonyl (C=O) groups is 1. The number of anilines is 1. The molecule has 2 atom stereocenters. The van der Waals surface area contributed by atoms with Gasteiger partial charge in [0.1, 0.15) is 11.2 Å². The quantitative estimate of drug-likeness (QED) is 0.247. The number of rotatable bonds is 6. The van der Waals surface area contributed by atoms with Crippen LogP contribution >= 0.6 is 0 Å². The number of phenols is 1. The molecule has 1 N–H and O–H groups in total. The second kappa shape index (κ2) is 10.4. The van der Waals surface area contributed by atoms with Gasteiger partial charge in [0.2, 0.25) is 5.91 Å². The summed E-state index contributed by atoms with van der Waals surface area (Å²) in [7, 11) is 0. The molecule has 0 bridgehead atoms. The lowest BCUT2D eigenvalue weighted by atomic mass is 9.61. The van der Waals surface area contributed by atoms with Crippen LogP contribution < -0.4 is 4.90 Å². The predicted molar refractivity (Wildman–Crippen MR) is 170 cm³/mol. The van der Waals surface area contributed by atoms with Gasteiger partial charge < -0.3 is 10.0 Å². The molecule has 5 rings (SSSR count). The standard InChI is InChI=1S/C38H41NO2/c1-8-23-39-32-22-16-15-21-29(32)38(35(39)41,28-19-13-10-14-20-28)33(26-17-11-9-12-18-26)27-24-30(36(2,3)4)34(40)31(25-27)37(5,6)7/h8-22,24-25,33,40H,1,23H2,2-7H3/t33-,38+/m1/s1. The third-order valence-corrected chi connectivity index (χ3v) is 8.39. The fraction of sp³-hybridized carbons (Fsp3) is 0.289. The molecule has 1 heterocycles. The van der Waals surface area contributed by atoms with E-state index in [1.165, 1.54) is 0 Å². The average molecular weight is 544 g/mol. The van der Waals surface area contributed by atoms with Crippen molar-refractivity contribution >= 4 is 11.6 Å². The summed E-state index contributed by atoms with van der Waals surface area (Å²) in [6.07, 6.45) is 1.79. The van der Waals surface area contributed by atoms with Crippen molar-refractivity contribution in [2.45, 2.75) is 63.7 Å². The van der Waals surface area contributed by atoms with E-state index in [1.54, 1.807) is 6.08 Å². The zero-order valence-electron chi connectivity index (χ0n) is 25.1. The number of hydrogen-bond acceptors (Lipinski definition) is 2. The molecule has 0 aliphatic carbocycles. The van der Waals surface area contributed by atoms with E-state index in [4.69, 9.17) is 0 Å². The number of aromatic hydroxyl groups is 1. The van der Waals surface area contributed by atoms with Crippen LogP contribution in [-0.2, 0) is 21.0 Å². The van der Waals surface area contributed by atoms with Crippen LogP contribution in [0.5, 0.6) is 5.75 Å². The molecule has 210 valence electrons. The highest BCUT2D eigenvalue weighted by atomic mass is 16.3. The van der Waals surface area contributed by atoms with Crippen LogP contribution in [0.4, 0.5) is 5.69 Å². The van der Waals surface area contributed by atoms with Gasteiger partial charge in [-0.3, -0.25) is 4.79 Å². The van der Waals surface area contributed by atoms with Crippen molar-refractivity contribution in [2.75, 3.05) is 11.4 Å². The number of carbonyl (C=O) groups excluding carboxylic acids is 1. The molecule has 3 nitrogen and oxygen atoms in total. The molecule has 0 saturated carbocycles. The van der Waals surface area contributed by atoms with E-state index in [9.17, 15) is 5.11 Å². The maximum Gasteiger partial charge on any atom is 0.243 e. The van der Waals surface area contributed by atoms with Gasteiger partial charge in [-0.25, -0.2) is 0 Å². The van der Waals surface area contributed by atoms with Gasteiger partial charge in [0.05, 0.1) is 0 Å². The number of fused-ring (bicyclic) bond motifs is 1. The van der Waals surface area contributed by atoms with E-state index in [1.807, 2.05) is 59.5 Å². The highest BCUT2D eigenvalue weighted by Crippen LogP contribution is 2.57. The normalized spacial score (nSPS) is 17.8. The fourth-order valence-corrected chi connectivity index (χ4v) is 6.52. The molecule has 3 heteroatoms. The molecule has 0 spiro atoms. The minimum atomic E-state index is -1.04. The molecule has 1 aliphatic heterocycles. The molecule has 0 saturated heterocycles. The van der Waals surface area contributed by atoms with E-state index in [0.29, 0.717) is 12.3 Å². The average Bonchev–Trinajstić information content (AvgIpc) is 3.18. The molecule has 0 fully saturated rings. The topological polar surface area (TPSA) is 40.5 Å². The molecule has 4 aromatic rings. The maximum absolute atomic E-state index is 15.1. The summed E-state index contributed by atoms with van der Waals surface area (Å²) in [6.45, 7) is 17.2. The molecule has 0 unspecified atom stereocenters. The molecule has 1 aliphatic rings. The number of hydrogen-bond donors (Lipinski definition) is 1. The lowest BCUT2D eigenvalue weighted by Gasteiger charge is -2.39. The first-order valence-electron chi connectivity index (χ1n) is 14.4. The van der Waals surface area contributed by atoms with Crippen molar-refractivity contribution in [3.05, 3.63) is 143 Å². The van der Waals surface area contributed by atoms with Crippen molar-refractivity contribution in [3.63, 3.8) is 0 Å². The lowest BCUT2D eigenvalue weighted by molar-refractivity contribution is -0.122. The van der Waals surface area contributed by atoms with E-state index in [2.05, 4.69) is 90.6 Å². The number of phenolic OH excluding ortho intramolecular Hbond substituents is 1. The smallest absolute Gasteiger partial charge is 0.243 e. The van der Waals surface area contributed by atoms with Crippen molar-refractivity contribution in [2.24, 2.45) is 0 Å². The SMILES string of the molecule is C=CCN1C(=O)[C@](c2ccccc2)([C@H](c2ccccc2)c2cc(C(C)(C)C)c(O)c(C(C)(C)C)c2)c2ccccc21. The van der Waals surface area contributed by atoms with Crippen molar-refractivity contribution in [1.29, 1.82) is 0 Å². The molecule has 0 aromatic heterocycles. The molecule has 0 radical (unpaired) electrons. The summed E-state index contributed by atoms with van der Waals surface area (Å²) in [5.74, 6) is -0.000494. The summed E-state index contributed by atoms with van der Waals surface area (Å²) >= 11 is 0. The number of amides is 1. The zero-order valence-corrected chi connectivity index (χ0v) is 25.1. The summed E-state index contributed by atoms with van der Waals surface area (Å²) in [4.78, 5) is 17.0. The van der Waals surface area contributed by atoms with Gasteiger partial charge in [-0.15, -0.1) is 6.58 Å². The minimum Gasteiger partial charge on any atom is -0.507 e. The van der Waals surface area contributed by atoms with Gasteiger partial charge in [0.15, 0.2) is 0 Å². The Kier molecular flexibility index (Phi) is 7.19. The Morgan fingerprint density at radius 3 is 1.83 bits per heavy atom. The van der Waals surface area contributed by atoms with Crippen LogP contribution in [0, 0.1) is 0 Å². The molecular weight excluding hydrogens is 502 g/mol. The minimum absolute atomic E-state index is 0.0290. The summed E-state index contributed by atoms with van der Waals surface area (Å²) in [5, 5.41) is 11.6. The van der Waals surface area contributed by atoms with Crippen molar-refractivity contribution < 1.29 is 9.90 Å². The van der Waals surface area contributed by atoms with Crippen LogP contribution in [0.2, 0.25) is 0 Å². The molecular formula is C38H41NO2. The van der Waals surface area contributed by atoms with Gasteiger partial charge in [0.25, 0.3) is 0 Å². The largest absolute Gasteiger partial charge is 0.507 e. The Labute approximate surface area is 245 Å². The van der Waals surface area contributed by atoms with E-state index >= 15 is 4.79 Å². The van der Waals surface area contributed by atoms with Crippen molar-refractivity contribution in [3.8, 4) is 5.75 Å². The van der Waals surface area contributed by atoms with Gasteiger partial charge in [-0.05, 0) is 50.3 Å². The Morgan fingerprint density at radius 1 is 0.780 bits per heavy atom. The highest BCUT2D eigenvalue weighted by molar-refractivity contribution is 6.12. The Hall–Kier alpha value is -4.11. The number of nitrogens with zero attached hydrogens (tertiary/aromatic N) is 1.